The molecule has 0 bridgehead atoms. The first-order valence-corrected chi connectivity index (χ1v) is 8.95. The number of aromatic nitrogens is 2. The van der Waals surface area contributed by atoms with E-state index in [-0.39, 0.29) is 17.9 Å². The molecular weight excluding hydrogens is 316 g/mol. The zero-order valence-electron chi connectivity index (χ0n) is 15.0. The van der Waals surface area contributed by atoms with Gasteiger partial charge in [-0.05, 0) is 39.1 Å². The Labute approximate surface area is 148 Å². The topological polar surface area (TPSA) is 58.4 Å². The second kappa shape index (κ2) is 7.78. The number of para-hydroxylation sites is 1. The van der Waals surface area contributed by atoms with E-state index in [9.17, 15) is 9.59 Å². The highest BCUT2D eigenvalue weighted by Gasteiger charge is 2.26. The molecule has 1 heterocycles. The van der Waals surface area contributed by atoms with Crippen molar-refractivity contribution in [3.8, 4) is 0 Å². The summed E-state index contributed by atoms with van der Waals surface area (Å²) in [5.41, 5.74) is 0.599. The maximum absolute atomic E-state index is 13.0. The number of fused-ring (bicyclic) bond motifs is 1. The fourth-order valence-electron chi connectivity index (χ4n) is 3.54. The van der Waals surface area contributed by atoms with E-state index in [4.69, 9.17) is 0 Å². The third-order valence-corrected chi connectivity index (χ3v) is 4.92. The zero-order chi connectivity index (χ0) is 17.8. The van der Waals surface area contributed by atoms with Crippen LogP contribution >= 0.6 is 0 Å². The van der Waals surface area contributed by atoms with Gasteiger partial charge in [0.1, 0.15) is 6.54 Å². The molecule has 1 amide bonds. The van der Waals surface area contributed by atoms with Gasteiger partial charge in [-0.2, -0.15) is 5.10 Å². The molecule has 0 spiro atoms. The van der Waals surface area contributed by atoms with E-state index >= 15 is 0 Å². The lowest BCUT2D eigenvalue weighted by Gasteiger charge is -2.30. The monoisotopic (exact) mass is 342 g/mol. The molecule has 25 heavy (non-hydrogen) atoms. The second-order valence-electron chi connectivity index (χ2n) is 7.01. The van der Waals surface area contributed by atoms with Crippen molar-refractivity contribution >= 4 is 16.8 Å². The van der Waals surface area contributed by atoms with Gasteiger partial charge in [-0.3, -0.25) is 14.3 Å². The van der Waals surface area contributed by atoms with E-state index in [2.05, 4.69) is 10.00 Å². The quantitative estimate of drug-likeness (QED) is 0.802. The lowest BCUT2D eigenvalue weighted by molar-refractivity contribution is -0.134. The first-order chi connectivity index (χ1) is 12.1. The number of nitrogens with zero attached hydrogens (tertiary/aromatic N) is 4. The molecule has 2 aromatic rings. The minimum absolute atomic E-state index is 0.0788. The van der Waals surface area contributed by atoms with E-state index in [1.165, 1.54) is 19.0 Å². The summed E-state index contributed by atoms with van der Waals surface area (Å²) < 4.78 is 1.65. The molecule has 0 aliphatic heterocycles. The molecule has 3 rings (SSSR count). The van der Waals surface area contributed by atoms with Gasteiger partial charge >= 0.3 is 0 Å². The van der Waals surface area contributed by atoms with Crippen LogP contribution in [0.2, 0.25) is 0 Å². The maximum atomic E-state index is 13.0. The maximum Gasteiger partial charge on any atom is 0.244 e. The molecule has 0 N–H and O–H groups in total. The van der Waals surface area contributed by atoms with Crippen molar-refractivity contribution in [2.24, 2.45) is 0 Å². The van der Waals surface area contributed by atoms with Crippen LogP contribution in [0.3, 0.4) is 0 Å². The van der Waals surface area contributed by atoms with E-state index in [1.54, 1.807) is 10.7 Å². The summed E-state index contributed by atoms with van der Waals surface area (Å²) in [6.45, 7) is 1.75. The van der Waals surface area contributed by atoms with E-state index in [1.807, 2.05) is 37.2 Å². The van der Waals surface area contributed by atoms with Crippen molar-refractivity contribution in [2.45, 2.75) is 38.3 Å². The fraction of sp³-hybridized carbons (Fsp3) is 0.526. The Bertz CT molecular complexity index is 793. The van der Waals surface area contributed by atoms with Gasteiger partial charge < -0.3 is 9.80 Å². The number of rotatable bonds is 6. The number of carbonyl (C=O) groups excluding carboxylic acids is 1. The summed E-state index contributed by atoms with van der Waals surface area (Å²) in [7, 11) is 4.04. The van der Waals surface area contributed by atoms with Crippen molar-refractivity contribution < 1.29 is 4.79 Å². The van der Waals surface area contributed by atoms with Crippen LogP contribution in [0.15, 0.2) is 35.3 Å². The molecule has 6 heteroatoms. The molecule has 134 valence electrons. The molecule has 0 radical (unpaired) electrons. The number of likely N-dealkylation sites (N-methyl/N-ethyl adjacent to an activating group) is 1. The van der Waals surface area contributed by atoms with E-state index in [0.717, 1.165) is 25.9 Å². The highest BCUT2D eigenvalue weighted by molar-refractivity contribution is 5.81. The smallest absolute Gasteiger partial charge is 0.244 e. The Kier molecular flexibility index (Phi) is 5.48. The van der Waals surface area contributed by atoms with Gasteiger partial charge in [-0.25, -0.2) is 0 Å². The predicted molar refractivity (Wildman–Crippen MR) is 98.5 cm³/mol. The highest BCUT2D eigenvalue weighted by Crippen LogP contribution is 2.24. The van der Waals surface area contributed by atoms with Gasteiger partial charge in [0.05, 0.1) is 11.7 Å². The standard InChI is InChI=1S/C19H26N4O2/c1-21(2)11-12-22(15-7-3-4-8-15)19(25)14-23-17-10-6-5-9-16(17)18(24)13-20-23/h5-6,9-10,13,15H,3-4,7-8,11-12,14H2,1-2H3. The van der Waals surface area contributed by atoms with Crippen LogP contribution in [-0.4, -0.2) is 58.7 Å². The van der Waals surface area contributed by atoms with E-state index < -0.39 is 0 Å². The van der Waals surface area contributed by atoms with Crippen LogP contribution in [0.5, 0.6) is 0 Å². The van der Waals surface area contributed by atoms with Crippen molar-refractivity contribution in [3.63, 3.8) is 0 Å². The minimum atomic E-state index is -0.112. The highest BCUT2D eigenvalue weighted by atomic mass is 16.2. The normalized spacial score (nSPS) is 15.2. The van der Waals surface area contributed by atoms with Crippen LogP contribution < -0.4 is 5.43 Å². The summed E-state index contributed by atoms with van der Waals surface area (Å²) in [4.78, 5) is 29.1. The Balaban J connectivity index is 1.83. The average molecular weight is 342 g/mol. The molecule has 0 unspecified atom stereocenters. The largest absolute Gasteiger partial charge is 0.337 e. The number of hydrogen-bond acceptors (Lipinski definition) is 4. The lowest BCUT2D eigenvalue weighted by Crippen LogP contribution is -2.44. The van der Waals surface area contributed by atoms with Crippen LogP contribution in [0, 0.1) is 0 Å². The van der Waals surface area contributed by atoms with Crippen molar-refractivity contribution in [3.05, 3.63) is 40.7 Å². The summed E-state index contributed by atoms with van der Waals surface area (Å²) in [5.74, 6) is 0.0788. The first-order valence-electron chi connectivity index (χ1n) is 8.95. The molecule has 1 saturated carbocycles. The molecule has 1 aliphatic rings. The summed E-state index contributed by atoms with van der Waals surface area (Å²) in [5, 5.41) is 4.80. The molecular formula is C19H26N4O2. The van der Waals surface area contributed by atoms with Crippen molar-refractivity contribution in [2.75, 3.05) is 27.2 Å². The van der Waals surface area contributed by atoms with Crippen LogP contribution in [0.1, 0.15) is 25.7 Å². The molecule has 1 fully saturated rings. The zero-order valence-corrected chi connectivity index (χ0v) is 15.0. The summed E-state index contributed by atoms with van der Waals surface area (Å²) in [6, 6.07) is 7.65. The minimum Gasteiger partial charge on any atom is -0.337 e. The van der Waals surface area contributed by atoms with Gasteiger partial charge in [0.2, 0.25) is 11.3 Å². The molecule has 1 aliphatic carbocycles. The van der Waals surface area contributed by atoms with E-state index in [0.29, 0.717) is 16.9 Å². The Morgan fingerprint density at radius 3 is 2.64 bits per heavy atom. The fourth-order valence-corrected chi connectivity index (χ4v) is 3.54. The van der Waals surface area contributed by atoms with Gasteiger partial charge in [-0.1, -0.05) is 25.0 Å². The Morgan fingerprint density at radius 1 is 1.20 bits per heavy atom. The van der Waals surface area contributed by atoms with Gasteiger partial charge in [-0.15, -0.1) is 0 Å². The number of hydrogen-bond donors (Lipinski definition) is 0. The summed E-state index contributed by atoms with van der Waals surface area (Å²) in [6.07, 6.45) is 5.84. The average Bonchev–Trinajstić information content (AvgIpc) is 3.12. The van der Waals surface area contributed by atoms with Crippen LogP contribution in [-0.2, 0) is 11.3 Å². The van der Waals surface area contributed by atoms with Crippen molar-refractivity contribution in [1.82, 2.24) is 19.6 Å². The van der Waals surface area contributed by atoms with Crippen LogP contribution in [0.25, 0.3) is 10.9 Å². The summed E-state index contributed by atoms with van der Waals surface area (Å²) >= 11 is 0. The predicted octanol–water partition coefficient (Wildman–Crippen LogP) is 1.73. The molecule has 1 aromatic carbocycles. The molecule has 6 nitrogen and oxygen atoms in total. The number of benzene rings is 1. The first kappa shape index (κ1) is 17.6. The third kappa shape index (κ3) is 4.07. The Morgan fingerprint density at radius 2 is 1.92 bits per heavy atom. The van der Waals surface area contributed by atoms with Crippen molar-refractivity contribution in [1.29, 1.82) is 0 Å². The Hall–Kier alpha value is -2.21. The number of amides is 1. The number of carbonyl (C=O) groups is 1. The second-order valence-corrected chi connectivity index (χ2v) is 7.01. The lowest BCUT2D eigenvalue weighted by atomic mass is 10.2. The third-order valence-electron chi connectivity index (χ3n) is 4.92. The molecule has 1 aromatic heterocycles. The molecule has 0 saturated heterocycles. The van der Waals surface area contributed by atoms with Gasteiger partial charge in [0.15, 0.2) is 0 Å². The van der Waals surface area contributed by atoms with Gasteiger partial charge in [0.25, 0.3) is 0 Å². The van der Waals surface area contributed by atoms with Crippen LogP contribution in [0.4, 0.5) is 0 Å². The SMILES string of the molecule is CN(C)CCN(C(=O)Cn1ncc(=O)c2ccccc21)C1CCCC1. The molecule has 0 atom stereocenters. The van der Waals surface area contributed by atoms with Gasteiger partial charge in [0, 0.05) is 24.5 Å².